The molecule has 1 atom stereocenters. The average Bonchev–Trinajstić information content (AvgIpc) is 2.32. The Labute approximate surface area is 118 Å². The quantitative estimate of drug-likeness (QED) is 0.639. The third-order valence-electron chi connectivity index (χ3n) is 3.13. The Bertz CT molecular complexity index is 527. The second-order valence-corrected chi connectivity index (χ2v) is 5.44. The van der Waals surface area contributed by atoms with Crippen LogP contribution in [0.15, 0.2) is 12.1 Å². The van der Waals surface area contributed by atoms with Crippen molar-refractivity contribution in [1.82, 2.24) is 0 Å². The van der Waals surface area contributed by atoms with Crippen molar-refractivity contribution in [2.75, 3.05) is 5.32 Å². The Morgan fingerprint density at radius 2 is 1.90 bits per heavy atom. The molecule has 6 nitrogen and oxygen atoms in total. The fourth-order valence-electron chi connectivity index (χ4n) is 1.89. The van der Waals surface area contributed by atoms with Gasteiger partial charge in [0.1, 0.15) is 5.69 Å². The summed E-state index contributed by atoms with van der Waals surface area (Å²) in [5.74, 6) is -0.115. The number of anilines is 1. The van der Waals surface area contributed by atoms with Crippen LogP contribution in [0, 0.1) is 29.9 Å². The zero-order valence-corrected chi connectivity index (χ0v) is 12.3. The number of amides is 1. The lowest BCUT2D eigenvalue weighted by atomic mass is 10.0. The SMILES string of the molecule is Cc1cc(NC(=O)C(N)CC(C)C)c([N+](=O)[O-])cc1C. The van der Waals surface area contributed by atoms with E-state index in [-0.39, 0.29) is 17.3 Å². The van der Waals surface area contributed by atoms with E-state index in [0.717, 1.165) is 11.1 Å². The molecule has 0 saturated heterocycles. The van der Waals surface area contributed by atoms with Gasteiger partial charge in [0, 0.05) is 6.07 Å². The molecule has 0 aromatic heterocycles. The van der Waals surface area contributed by atoms with E-state index in [1.165, 1.54) is 6.07 Å². The number of nitrogens with zero attached hydrogens (tertiary/aromatic N) is 1. The minimum atomic E-state index is -0.670. The van der Waals surface area contributed by atoms with E-state index in [2.05, 4.69) is 5.32 Å². The number of nitro groups is 1. The third-order valence-corrected chi connectivity index (χ3v) is 3.13. The van der Waals surface area contributed by atoms with Crippen molar-refractivity contribution in [2.45, 2.75) is 40.2 Å². The molecule has 0 heterocycles. The highest BCUT2D eigenvalue weighted by Crippen LogP contribution is 2.28. The van der Waals surface area contributed by atoms with Crippen molar-refractivity contribution < 1.29 is 9.72 Å². The van der Waals surface area contributed by atoms with Gasteiger partial charge in [-0.3, -0.25) is 14.9 Å². The predicted molar refractivity (Wildman–Crippen MR) is 78.6 cm³/mol. The van der Waals surface area contributed by atoms with E-state index in [0.29, 0.717) is 6.42 Å². The highest BCUT2D eigenvalue weighted by molar-refractivity contribution is 5.96. The van der Waals surface area contributed by atoms with Crippen LogP contribution >= 0.6 is 0 Å². The Morgan fingerprint density at radius 1 is 1.35 bits per heavy atom. The zero-order chi connectivity index (χ0) is 15.4. The number of benzene rings is 1. The van der Waals surface area contributed by atoms with Gasteiger partial charge >= 0.3 is 0 Å². The number of nitrogens with two attached hydrogens (primary N) is 1. The van der Waals surface area contributed by atoms with Gasteiger partial charge in [-0.15, -0.1) is 0 Å². The van der Waals surface area contributed by atoms with Crippen LogP contribution in [0.5, 0.6) is 0 Å². The van der Waals surface area contributed by atoms with Gasteiger partial charge < -0.3 is 11.1 Å². The molecule has 1 rings (SSSR count). The molecule has 0 spiro atoms. The minimum absolute atomic E-state index is 0.113. The van der Waals surface area contributed by atoms with E-state index < -0.39 is 16.9 Å². The molecule has 1 aromatic carbocycles. The molecule has 0 radical (unpaired) electrons. The molecule has 1 amide bonds. The lowest BCUT2D eigenvalue weighted by Gasteiger charge is -2.15. The molecule has 0 saturated carbocycles. The van der Waals surface area contributed by atoms with E-state index in [1.54, 1.807) is 13.0 Å². The summed E-state index contributed by atoms with van der Waals surface area (Å²) in [6.07, 6.45) is 0.532. The smallest absolute Gasteiger partial charge is 0.293 e. The van der Waals surface area contributed by atoms with Gasteiger partial charge in [-0.25, -0.2) is 0 Å². The van der Waals surface area contributed by atoms with Crippen molar-refractivity contribution in [3.05, 3.63) is 33.4 Å². The van der Waals surface area contributed by atoms with Crippen LogP contribution in [0.2, 0.25) is 0 Å². The zero-order valence-electron chi connectivity index (χ0n) is 12.3. The largest absolute Gasteiger partial charge is 0.320 e. The summed E-state index contributed by atoms with van der Waals surface area (Å²) in [5, 5.41) is 13.6. The van der Waals surface area contributed by atoms with Gasteiger partial charge in [-0.2, -0.15) is 0 Å². The van der Waals surface area contributed by atoms with E-state index >= 15 is 0 Å². The van der Waals surface area contributed by atoms with E-state index in [9.17, 15) is 14.9 Å². The summed E-state index contributed by atoms with van der Waals surface area (Å²) in [5.41, 5.74) is 7.55. The summed E-state index contributed by atoms with van der Waals surface area (Å²) in [4.78, 5) is 22.5. The standard InChI is InChI=1S/C14H21N3O3/c1-8(2)5-11(15)14(18)16-12-6-9(3)10(4)7-13(12)17(19)20/h6-8,11H,5,15H2,1-4H3,(H,16,18). The maximum absolute atomic E-state index is 12.0. The van der Waals surface area contributed by atoms with Crippen molar-refractivity contribution in [1.29, 1.82) is 0 Å². The number of nitrogens with one attached hydrogen (secondary N) is 1. The molecule has 0 bridgehead atoms. The minimum Gasteiger partial charge on any atom is -0.320 e. The number of hydrogen-bond acceptors (Lipinski definition) is 4. The first-order chi connectivity index (χ1) is 9.22. The van der Waals surface area contributed by atoms with Crippen LogP contribution in [0.25, 0.3) is 0 Å². The monoisotopic (exact) mass is 279 g/mol. The maximum Gasteiger partial charge on any atom is 0.293 e. The second-order valence-electron chi connectivity index (χ2n) is 5.44. The van der Waals surface area contributed by atoms with Crippen LogP contribution in [0.4, 0.5) is 11.4 Å². The van der Waals surface area contributed by atoms with Crippen molar-refractivity contribution in [3.8, 4) is 0 Å². The van der Waals surface area contributed by atoms with Crippen molar-refractivity contribution in [2.24, 2.45) is 11.7 Å². The van der Waals surface area contributed by atoms with Gasteiger partial charge in [0.2, 0.25) is 5.91 Å². The van der Waals surface area contributed by atoms with E-state index in [4.69, 9.17) is 5.73 Å². The molecule has 1 unspecified atom stereocenters. The van der Waals surface area contributed by atoms with E-state index in [1.807, 2.05) is 20.8 Å². The Morgan fingerprint density at radius 3 is 2.40 bits per heavy atom. The van der Waals surface area contributed by atoms with Crippen LogP contribution in [-0.4, -0.2) is 16.9 Å². The van der Waals surface area contributed by atoms with Crippen LogP contribution < -0.4 is 11.1 Å². The molecule has 3 N–H and O–H groups in total. The van der Waals surface area contributed by atoms with Gasteiger partial charge in [0.05, 0.1) is 11.0 Å². The lowest BCUT2D eigenvalue weighted by molar-refractivity contribution is -0.384. The maximum atomic E-state index is 12.0. The Balaban J connectivity index is 2.99. The first-order valence-electron chi connectivity index (χ1n) is 6.54. The molecule has 6 heteroatoms. The van der Waals surface area contributed by atoms with Crippen molar-refractivity contribution in [3.63, 3.8) is 0 Å². The van der Waals surface area contributed by atoms with Crippen LogP contribution in [0.1, 0.15) is 31.4 Å². The van der Waals surface area contributed by atoms with Gasteiger partial charge in [0.15, 0.2) is 0 Å². The highest BCUT2D eigenvalue weighted by Gasteiger charge is 2.21. The number of nitro benzene ring substituents is 1. The fraction of sp³-hybridized carbons (Fsp3) is 0.500. The Hall–Kier alpha value is -1.95. The number of aryl methyl sites for hydroxylation is 2. The molecule has 0 aliphatic carbocycles. The first-order valence-corrected chi connectivity index (χ1v) is 6.54. The topological polar surface area (TPSA) is 98.3 Å². The predicted octanol–water partition coefficient (Wildman–Crippen LogP) is 2.52. The first kappa shape index (κ1) is 16.1. The molecule has 1 aromatic rings. The summed E-state index contributed by atoms with van der Waals surface area (Å²) in [6, 6.07) is 2.39. The molecule has 0 aliphatic heterocycles. The molecular formula is C14H21N3O3. The highest BCUT2D eigenvalue weighted by atomic mass is 16.6. The number of carbonyl (C=O) groups excluding carboxylic acids is 1. The summed E-state index contributed by atoms with van der Waals surface area (Å²) >= 11 is 0. The fourth-order valence-corrected chi connectivity index (χ4v) is 1.89. The Kier molecular flexibility index (Phi) is 5.21. The van der Waals surface area contributed by atoms with Crippen molar-refractivity contribution >= 4 is 17.3 Å². The van der Waals surface area contributed by atoms with Gasteiger partial charge in [-0.1, -0.05) is 13.8 Å². The lowest BCUT2D eigenvalue weighted by Crippen LogP contribution is -2.36. The summed E-state index contributed by atoms with van der Waals surface area (Å²) in [6.45, 7) is 7.55. The third kappa shape index (κ3) is 4.03. The van der Waals surface area contributed by atoms with Gasteiger partial charge in [-0.05, 0) is 43.4 Å². The van der Waals surface area contributed by atoms with Gasteiger partial charge in [0.25, 0.3) is 5.69 Å². The molecule has 20 heavy (non-hydrogen) atoms. The average molecular weight is 279 g/mol. The van der Waals surface area contributed by atoms with Crippen LogP contribution in [0.3, 0.4) is 0 Å². The molecule has 0 fully saturated rings. The molecular weight excluding hydrogens is 258 g/mol. The van der Waals surface area contributed by atoms with Crippen LogP contribution in [-0.2, 0) is 4.79 Å². The number of hydrogen-bond donors (Lipinski definition) is 2. The molecule has 110 valence electrons. The summed E-state index contributed by atoms with van der Waals surface area (Å²) in [7, 11) is 0. The number of carbonyl (C=O) groups is 1. The molecule has 0 aliphatic rings. The number of rotatable bonds is 5. The normalized spacial score (nSPS) is 12.3. The summed E-state index contributed by atoms with van der Waals surface area (Å²) < 4.78 is 0. The second kappa shape index (κ2) is 6.47.